The third kappa shape index (κ3) is 1.94. The molecule has 112 valence electrons. The van der Waals surface area contributed by atoms with E-state index >= 15 is 0 Å². The predicted molar refractivity (Wildman–Crippen MR) is 86.4 cm³/mol. The molecule has 22 heavy (non-hydrogen) atoms. The number of hydrogen-bond acceptors (Lipinski definition) is 5. The fourth-order valence-corrected chi connectivity index (χ4v) is 3.38. The van der Waals surface area contributed by atoms with E-state index in [0.717, 1.165) is 27.0 Å². The van der Waals surface area contributed by atoms with E-state index in [9.17, 15) is 0 Å². The van der Waals surface area contributed by atoms with Crippen LogP contribution < -0.4 is 10.5 Å². The van der Waals surface area contributed by atoms with Crippen LogP contribution in [0.2, 0.25) is 0 Å². The fourth-order valence-electron chi connectivity index (χ4n) is 3.02. The molecule has 4 rings (SSSR count). The zero-order valence-electron chi connectivity index (χ0n) is 12.0. The second-order valence-corrected chi connectivity index (χ2v) is 6.44. The summed E-state index contributed by atoms with van der Waals surface area (Å²) < 4.78 is 12.7. The van der Waals surface area contributed by atoms with Crippen LogP contribution in [0.5, 0.6) is 11.5 Å². The lowest BCUT2D eigenvalue weighted by molar-refractivity contribution is 0.109. The average Bonchev–Trinajstić information content (AvgIpc) is 2.49. The first kappa shape index (κ1) is 13.7. The Morgan fingerprint density at radius 2 is 2.05 bits per heavy atom. The third-order valence-electron chi connectivity index (χ3n) is 3.95. The summed E-state index contributed by atoms with van der Waals surface area (Å²) in [6.45, 7) is 2.73. The van der Waals surface area contributed by atoms with E-state index in [1.807, 2.05) is 31.2 Å². The van der Waals surface area contributed by atoms with E-state index in [4.69, 9.17) is 20.2 Å². The zero-order valence-corrected chi connectivity index (χ0v) is 13.6. The molecule has 0 saturated carbocycles. The summed E-state index contributed by atoms with van der Waals surface area (Å²) in [4.78, 5) is 9.10. The van der Waals surface area contributed by atoms with Gasteiger partial charge in [-0.2, -0.15) is 0 Å². The number of amidine groups is 1. The Labute approximate surface area is 136 Å². The Bertz CT molecular complexity index is 752. The second kappa shape index (κ2) is 4.79. The standard InChI is InChI=1S/C16H14BrN3O2/c1-9-4-11-14(6-19-9)22-13-3-2-10(17)5-12(13)16(11)8-21-7-15(18)20-16/h2-6H,7-8H2,1H3,(H2,18,20)/t16-/m1/s1. The molecule has 0 bridgehead atoms. The maximum atomic E-state index is 6.00. The van der Waals surface area contributed by atoms with Crippen LogP contribution in [0, 0.1) is 6.92 Å². The molecule has 0 aliphatic carbocycles. The van der Waals surface area contributed by atoms with Crippen LogP contribution in [0.3, 0.4) is 0 Å². The van der Waals surface area contributed by atoms with Crippen LogP contribution in [0.25, 0.3) is 0 Å². The molecule has 0 fully saturated rings. The van der Waals surface area contributed by atoms with Crippen molar-refractivity contribution in [3.63, 3.8) is 0 Å². The van der Waals surface area contributed by atoms with Gasteiger partial charge >= 0.3 is 0 Å². The van der Waals surface area contributed by atoms with Crippen molar-refractivity contribution in [2.45, 2.75) is 12.5 Å². The molecular weight excluding hydrogens is 346 g/mol. The molecule has 2 aromatic rings. The van der Waals surface area contributed by atoms with Crippen molar-refractivity contribution in [1.82, 2.24) is 4.98 Å². The highest BCUT2D eigenvalue weighted by molar-refractivity contribution is 9.10. The second-order valence-electron chi connectivity index (χ2n) is 5.52. The monoisotopic (exact) mass is 359 g/mol. The molecule has 0 radical (unpaired) electrons. The molecule has 0 saturated heterocycles. The number of nitrogens with zero attached hydrogens (tertiary/aromatic N) is 2. The van der Waals surface area contributed by atoms with Gasteiger partial charge < -0.3 is 15.2 Å². The van der Waals surface area contributed by atoms with Crippen LogP contribution >= 0.6 is 15.9 Å². The largest absolute Gasteiger partial charge is 0.455 e. The lowest BCUT2D eigenvalue weighted by Crippen LogP contribution is -2.42. The smallest absolute Gasteiger partial charge is 0.151 e. The predicted octanol–water partition coefficient (Wildman–Crippen LogP) is 2.89. The van der Waals surface area contributed by atoms with Gasteiger partial charge in [-0.25, -0.2) is 0 Å². The van der Waals surface area contributed by atoms with E-state index < -0.39 is 5.54 Å². The number of aliphatic imine (C=N–C) groups is 1. The Morgan fingerprint density at radius 1 is 1.23 bits per heavy atom. The fraction of sp³-hybridized carbons (Fsp3) is 0.250. The minimum Gasteiger partial charge on any atom is -0.455 e. The van der Waals surface area contributed by atoms with Crippen molar-refractivity contribution in [3.05, 3.63) is 51.8 Å². The van der Waals surface area contributed by atoms with Gasteiger partial charge in [0.25, 0.3) is 0 Å². The summed E-state index contributed by atoms with van der Waals surface area (Å²) >= 11 is 3.52. The molecule has 1 atom stereocenters. The number of rotatable bonds is 0. The topological polar surface area (TPSA) is 69.7 Å². The molecule has 0 amide bonds. The van der Waals surface area contributed by atoms with Gasteiger partial charge in [-0.15, -0.1) is 0 Å². The van der Waals surface area contributed by atoms with E-state index in [2.05, 4.69) is 20.9 Å². The highest BCUT2D eigenvalue weighted by atomic mass is 79.9. The molecular formula is C16H14BrN3O2. The molecule has 1 spiro atoms. The number of aryl methyl sites for hydroxylation is 1. The van der Waals surface area contributed by atoms with Crippen molar-refractivity contribution in [1.29, 1.82) is 0 Å². The Morgan fingerprint density at radius 3 is 2.86 bits per heavy atom. The highest BCUT2D eigenvalue weighted by Gasteiger charge is 2.45. The third-order valence-corrected chi connectivity index (χ3v) is 4.45. The summed E-state index contributed by atoms with van der Waals surface area (Å²) in [6.07, 6.45) is 1.73. The van der Waals surface area contributed by atoms with E-state index in [1.165, 1.54) is 0 Å². The number of halogens is 1. The molecule has 2 aliphatic heterocycles. The van der Waals surface area contributed by atoms with Gasteiger partial charge in [0.05, 0.1) is 12.8 Å². The van der Waals surface area contributed by atoms with E-state index in [1.54, 1.807) is 6.20 Å². The average molecular weight is 360 g/mol. The molecule has 6 heteroatoms. The number of pyridine rings is 1. The first-order valence-corrected chi connectivity index (χ1v) is 7.75. The normalized spacial score (nSPS) is 22.5. The SMILES string of the molecule is Cc1cc2c(cn1)Oc1ccc(Br)cc1[C@@]21COCC(N)=N1. The maximum absolute atomic E-state index is 6.00. The molecule has 2 aliphatic rings. The molecule has 3 heterocycles. The maximum Gasteiger partial charge on any atom is 0.151 e. The lowest BCUT2D eigenvalue weighted by atomic mass is 9.81. The van der Waals surface area contributed by atoms with Gasteiger partial charge in [0.1, 0.15) is 23.7 Å². The Hall–Kier alpha value is -1.92. The van der Waals surface area contributed by atoms with Crippen LogP contribution in [0.15, 0.2) is 39.9 Å². The number of nitrogens with two attached hydrogens (primary N) is 1. The lowest BCUT2D eigenvalue weighted by Gasteiger charge is -2.39. The van der Waals surface area contributed by atoms with Gasteiger partial charge in [-0.05, 0) is 31.2 Å². The van der Waals surface area contributed by atoms with Gasteiger partial charge in [0.2, 0.25) is 0 Å². The molecule has 1 aromatic carbocycles. The zero-order chi connectivity index (χ0) is 15.3. The first-order chi connectivity index (χ1) is 10.6. The minimum atomic E-state index is -0.678. The molecule has 1 aromatic heterocycles. The molecule has 0 unspecified atom stereocenters. The number of fused-ring (bicyclic) bond motifs is 4. The van der Waals surface area contributed by atoms with Crippen molar-refractivity contribution in [2.24, 2.45) is 10.7 Å². The molecule has 5 nitrogen and oxygen atoms in total. The van der Waals surface area contributed by atoms with Crippen LogP contribution in [-0.2, 0) is 10.3 Å². The van der Waals surface area contributed by atoms with Crippen molar-refractivity contribution >= 4 is 21.8 Å². The summed E-state index contributed by atoms with van der Waals surface area (Å²) in [5.74, 6) is 1.94. The van der Waals surface area contributed by atoms with Gasteiger partial charge in [-0.3, -0.25) is 9.98 Å². The summed E-state index contributed by atoms with van der Waals surface area (Å²) in [5.41, 5.74) is 8.10. The van der Waals surface area contributed by atoms with Crippen LogP contribution in [0.1, 0.15) is 16.8 Å². The van der Waals surface area contributed by atoms with Crippen molar-refractivity contribution in [2.75, 3.05) is 13.2 Å². The Kier molecular flexibility index (Phi) is 2.99. The number of hydrogen-bond donors (Lipinski definition) is 1. The van der Waals surface area contributed by atoms with Gasteiger partial charge in [0.15, 0.2) is 5.75 Å². The van der Waals surface area contributed by atoms with E-state index in [-0.39, 0.29) is 0 Å². The summed E-state index contributed by atoms with van der Waals surface area (Å²) in [5, 5.41) is 0. The number of aromatic nitrogens is 1. The highest BCUT2D eigenvalue weighted by Crippen LogP contribution is 2.50. The molecule has 2 N–H and O–H groups in total. The first-order valence-electron chi connectivity index (χ1n) is 6.95. The van der Waals surface area contributed by atoms with Gasteiger partial charge in [-0.1, -0.05) is 15.9 Å². The van der Waals surface area contributed by atoms with Crippen LogP contribution in [0.4, 0.5) is 0 Å². The minimum absolute atomic E-state index is 0.353. The quantitative estimate of drug-likeness (QED) is 0.784. The van der Waals surface area contributed by atoms with E-state index in [0.29, 0.717) is 24.8 Å². The Balaban J connectivity index is 2.05. The summed E-state index contributed by atoms with van der Waals surface area (Å²) in [6, 6.07) is 7.87. The van der Waals surface area contributed by atoms with Crippen molar-refractivity contribution < 1.29 is 9.47 Å². The van der Waals surface area contributed by atoms with Crippen LogP contribution in [-0.4, -0.2) is 24.0 Å². The summed E-state index contributed by atoms with van der Waals surface area (Å²) in [7, 11) is 0. The van der Waals surface area contributed by atoms with Gasteiger partial charge in [0, 0.05) is 21.3 Å². The van der Waals surface area contributed by atoms with Crippen molar-refractivity contribution in [3.8, 4) is 11.5 Å². The number of benzene rings is 1. The number of ether oxygens (including phenoxy) is 2.